The van der Waals surface area contributed by atoms with E-state index in [1.165, 1.54) is 4.90 Å². The van der Waals surface area contributed by atoms with Crippen molar-refractivity contribution in [2.75, 3.05) is 24.4 Å². The third-order valence-electron chi connectivity index (χ3n) is 5.79. The fraction of sp³-hybridized carbons (Fsp3) is 0.214. The Morgan fingerprint density at radius 1 is 0.765 bits per heavy atom. The van der Waals surface area contributed by atoms with Crippen molar-refractivity contribution in [1.29, 1.82) is 0 Å². The van der Waals surface area contributed by atoms with Crippen LogP contribution in [0, 0.1) is 0 Å². The third-order valence-corrected chi connectivity index (χ3v) is 5.79. The predicted octanol–water partition coefficient (Wildman–Crippen LogP) is 5.40. The van der Waals surface area contributed by atoms with Gasteiger partial charge in [-0.2, -0.15) is 0 Å². The van der Waals surface area contributed by atoms with Crippen LogP contribution in [0.4, 0.5) is 11.4 Å². The second-order valence-corrected chi connectivity index (χ2v) is 9.08. The topological polar surface area (TPSA) is 67.9 Å². The van der Waals surface area contributed by atoms with E-state index in [2.05, 4.69) is 26.1 Å². The summed E-state index contributed by atoms with van der Waals surface area (Å²) in [4.78, 5) is 28.4. The van der Waals surface area contributed by atoms with Gasteiger partial charge in [0.05, 0.1) is 25.5 Å². The summed E-state index contributed by atoms with van der Waals surface area (Å²) < 4.78 is 10.6. The minimum absolute atomic E-state index is 0.0385. The molecule has 1 N–H and O–H groups in total. The number of benzene rings is 3. The van der Waals surface area contributed by atoms with Crippen molar-refractivity contribution in [2.45, 2.75) is 26.2 Å². The fourth-order valence-electron chi connectivity index (χ4n) is 3.86. The maximum Gasteiger partial charge on any atom is 0.282 e. The van der Waals surface area contributed by atoms with Gasteiger partial charge in [-0.05, 0) is 52.9 Å². The summed E-state index contributed by atoms with van der Waals surface area (Å²) in [7, 11) is 3.16. The molecule has 3 aromatic carbocycles. The van der Waals surface area contributed by atoms with Gasteiger partial charge in [0.2, 0.25) is 0 Å². The molecule has 1 aliphatic rings. The van der Waals surface area contributed by atoms with Crippen LogP contribution in [0.2, 0.25) is 0 Å². The first-order valence-electron chi connectivity index (χ1n) is 11.0. The summed E-state index contributed by atoms with van der Waals surface area (Å²) in [5.41, 5.74) is 3.39. The molecule has 0 aromatic heterocycles. The van der Waals surface area contributed by atoms with E-state index >= 15 is 0 Å². The van der Waals surface area contributed by atoms with Gasteiger partial charge in [0.1, 0.15) is 17.2 Å². The highest BCUT2D eigenvalue weighted by atomic mass is 16.5. The molecule has 3 aromatic rings. The Balaban J connectivity index is 1.77. The van der Waals surface area contributed by atoms with Crippen LogP contribution in [0.15, 0.2) is 78.5 Å². The van der Waals surface area contributed by atoms with Gasteiger partial charge in [-0.3, -0.25) is 9.59 Å². The molecule has 0 aliphatic carbocycles. The molecule has 0 atom stereocenters. The number of ether oxygens (including phenoxy) is 2. The molecule has 0 spiro atoms. The van der Waals surface area contributed by atoms with Crippen LogP contribution < -0.4 is 19.7 Å². The van der Waals surface area contributed by atoms with Crippen LogP contribution in [-0.2, 0) is 15.0 Å². The quantitative estimate of drug-likeness (QED) is 0.503. The van der Waals surface area contributed by atoms with Gasteiger partial charge in [-0.25, -0.2) is 4.90 Å². The number of nitrogens with zero attached hydrogens (tertiary/aromatic N) is 1. The van der Waals surface area contributed by atoms with Crippen LogP contribution in [0.5, 0.6) is 11.5 Å². The second kappa shape index (κ2) is 9.06. The lowest BCUT2D eigenvalue weighted by Crippen LogP contribution is -2.32. The van der Waals surface area contributed by atoms with Crippen molar-refractivity contribution in [3.8, 4) is 11.5 Å². The molecule has 34 heavy (non-hydrogen) atoms. The average Bonchev–Trinajstić information content (AvgIpc) is 3.07. The van der Waals surface area contributed by atoms with Crippen molar-refractivity contribution in [1.82, 2.24) is 0 Å². The van der Waals surface area contributed by atoms with E-state index in [4.69, 9.17) is 9.47 Å². The Labute approximate surface area is 199 Å². The summed E-state index contributed by atoms with van der Waals surface area (Å²) in [6.07, 6.45) is 0. The average molecular weight is 457 g/mol. The van der Waals surface area contributed by atoms with E-state index in [0.29, 0.717) is 34.0 Å². The van der Waals surface area contributed by atoms with Gasteiger partial charge in [0.15, 0.2) is 0 Å². The smallest absolute Gasteiger partial charge is 0.282 e. The molecule has 0 saturated carbocycles. The molecule has 1 heterocycles. The van der Waals surface area contributed by atoms with Crippen molar-refractivity contribution in [2.24, 2.45) is 0 Å². The zero-order valence-electron chi connectivity index (χ0n) is 20.0. The van der Waals surface area contributed by atoms with Crippen LogP contribution in [0.3, 0.4) is 0 Å². The number of imide groups is 1. The molecular formula is C28H28N2O4. The van der Waals surface area contributed by atoms with Crippen LogP contribution >= 0.6 is 0 Å². The number of carbonyl (C=O) groups excluding carboxylic acids is 2. The van der Waals surface area contributed by atoms with Crippen LogP contribution in [-0.4, -0.2) is 26.0 Å². The van der Waals surface area contributed by atoms with E-state index in [9.17, 15) is 9.59 Å². The molecular weight excluding hydrogens is 428 g/mol. The SMILES string of the molecule is COc1ccc(C2=C(Nc3cccc(OC)c3)C(=O)N(c3ccc(C(C)(C)C)cc3)C2=O)cc1. The van der Waals surface area contributed by atoms with E-state index < -0.39 is 5.91 Å². The van der Waals surface area contributed by atoms with Crippen LogP contribution in [0.1, 0.15) is 31.9 Å². The van der Waals surface area contributed by atoms with Gasteiger partial charge in [0.25, 0.3) is 11.8 Å². The van der Waals surface area contributed by atoms with Crippen LogP contribution in [0.25, 0.3) is 5.57 Å². The molecule has 6 heteroatoms. The summed E-state index contributed by atoms with van der Waals surface area (Å²) in [6.45, 7) is 6.36. The number of hydrogen-bond acceptors (Lipinski definition) is 5. The lowest BCUT2D eigenvalue weighted by atomic mass is 9.87. The van der Waals surface area contributed by atoms with E-state index in [0.717, 1.165) is 5.56 Å². The Morgan fingerprint density at radius 3 is 2.00 bits per heavy atom. The second-order valence-electron chi connectivity index (χ2n) is 9.08. The standard InChI is InChI=1S/C28H28N2O4/c1-28(2,3)19-11-13-21(14-12-19)30-26(31)24(18-9-15-22(33-4)16-10-18)25(27(30)32)29-20-7-6-8-23(17-20)34-5/h6-17,29H,1-5H3. The lowest BCUT2D eigenvalue weighted by Gasteiger charge is -2.21. The van der Waals surface area contributed by atoms with Crippen molar-refractivity contribution < 1.29 is 19.1 Å². The third kappa shape index (κ3) is 4.39. The zero-order valence-corrected chi connectivity index (χ0v) is 20.0. The minimum Gasteiger partial charge on any atom is -0.497 e. The number of anilines is 2. The van der Waals surface area contributed by atoms with Gasteiger partial charge < -0.3 is 14.8 Å². The van der Waals surface area contributed by atoms with Crippen molar-refractivity contribution >= 4 is 28.8 Å². The number of carbonyl (C=O) groups is 2. The van der Waals surface area contributed by atoms with Gasteiger partial charge in [-0.1, -0.05) is 51.1 Å². The summed E-state index contributed by atoms with van der Waals surface area (Å²) in [5, 5.41) is 3.16. The monoisotopic (exact) mass is 456 g/mol. The van der Waals surface area contributed by atoms with E-state index in [1.54, 1.807) is 44.6 Å². The van der Waals surface area contributed by atoms with Gasteiger partial charge >= 0.3 is 0 Å². The summed E-state index contributed by atoms with van der Waals surface area (Å²) in [6, 6.07) is 21.9. The number of methoxy groups -OCH3 is 2. The summed E-state index contributed by atoms with van der Waals surface area (Å²) in [5.74, 6) is 0.507. The highest BCUT2D eigenvalue weighted by Gasteiger charge is 2.40. The molecule has 0 saturated heterocycles. The number of amides is 2. The molecule has 4 rings (SSSR count). The Morgan fingerprint density at radius 2 is 1.41 bits per heavy atom. The summed E-state index contributed by atoms with van der Waals surface area (Å²) >= 11 is 0. The van der Waals surface area contributed by atoms with Gasteiger partial charge in [-0.15, -0.1) is 0 Å². The molecule has 2 amide bonds. The maximum absolute atomic E-state index is 13.6. The molecule has 0 bridgehead atoms. The maximum atomic E-state index is 13.6. The van der Waals surface area contributed by atoms with Crippen molar-refractivity contribution in [3.05, 3.63) is 89.6 Å². The van der Waals surface area contributed by atoms with Crippen molar-refractivity contribution in [3.63, 3.8) is 0 Å². The Bertz CT molecular complexity index is 1250. The number of nitrogens with one attached hydrogen (secondary N) is 1. The molecule has 0 unspecified atom stereocenters. The zero-order chi connectivity index (χ0) is 24.5. The highest BCUT2D eigenvalue weighted by molar-refractivity contribution is 6.46. The normalized spacial score (nSPS) is 14.0. The molecule has 0 radical (unpaired) electrons. The number of hydrogen-bond donors (Lipinski definition) is 1. The lowest BCUT2D eigenvalue weighted by molar-refractivity contribution is -0.120. The molecule has 0 fully saturated rings. The molecule has 6 nitrogen and oxygen atoms in total. The molecule has 174 valence electrons. The first-order valence-corrected chi connectivity index (χ1v) is 11.0. The minimum atomic E-state index is -0.415. The highest BCUT2D eigenvalue weighted by Crippen LogP contribution is 2.35. The predicted molar refractivity (Wildman–Crippen MR) is 134 cm³/mol. The largest absolute Gasteiger partial charge is 0.497 e. The van der Waals surface area contributed by atoms with Gasteiger partial charge in [0, 0.05) is 11.8 Å². The first kappa shape index (κ1) is 23.1. The Kier molecular flexibility index (Phi) is 6.16. The Hall–Kier alpha value is -4.06. The molecule has 1 aliphatic heterocycles. The van der Waals surface area contributed by atoms with E-state index in [1.807, 2.05) is 42.5 Å². The first-order chi connectivity index (χ1) is 16.2. The number of rotatable bonds is 6. The fourth-order valence-corrected chi connectivity index (χ4v) is 3.86. The van der Waals surface area contributed by atoms with E-state index in [-0.39, 0.29) is 17.0 Å².